The van der Waals surface area contributed by atoms with Crippen molar-refractivity contribution < 1.29 is 9.90 Å². The monoisotopic (exact) mass is 360 g/mol. The first-order chi connectivity index (χ1) is 12.3. The smallest absolute Gasteiger partial charge is 0.123 e. The number of carbonyl (C=O) groups excluding carboxylic acids is 1. The molecule has 0 amide bonds. The second kappa shape index (κ2) is 6.33. The van der Waals surface area contributed by atoms with Gasteiger partial charge >= 0.3 is 0 Å². The van der Waals surface area contributed by atoms with Crippen molar-refractivity contribution in [1.82, 2.24) is 0 Å². The van der Waals surface area contributed by atoms with Crippen LogP contribution in [0.15, 0.2) is 0 Å². The first-order valence-corrected chi connectivity index (χ1v) is 11.4. The Kier molecular flexibility index (Phi) is 4.61. The van der Waals surface area contributed by atoms with Crippen LogP contribution < -0.4 is 0 Å². The van der Waals surface area contributed by atoms with E-state index in [0.29, 0.717) is 16.7 Å². The molecule has 0 aromatic carbocycles. The van der Waals surface area contributed by atoms with Crippen LogP contribution in [0.5, 0.6) is 0 Å². The standard InChI is InChI=1S/C24H40O2/c1-5-24(26)13-12-22(3)17(14-24)6-7-18-20-9-8-19(16(2)15-25)23(20,4)11-10-21(18)22/h15-21,26H,5-14H2,1-4H3/t16-,17-,18+,19-,20+,21+,22+,23-,24+/m1/s1. The van der Waals surface area contributed by atoms with Crippen molar-refractivity contribution in [1.29, 1.82) is 0 Å². The number of aliphatic hydroxyl groups is 1. The number of aldehydes is 1. The largest absolute Gasteiger partial charge is 0.390 e. The minimum Gasteiger partial charge on any atom is -0.390 e. The van der Waals surface area contributed by atoms with Crippen LogP contribution in [-0.4, -0.2) is 17.0 Å². The van der Waals surface area contributed by atoms with Crippen LogP contribution >= 0.6 is 0 Å². The molecule has 9 atom stereocenters. The van der Waals surface area contributed by atoms with Gasteiger partial charge in [-0.2, -0.15) is 0 Å². The maximum atomic E-state index is 11.5. The Balaban J connectivity index is 1.58. The second-order valence-corrected chi connectivity index (χ2v) is 11.2. The van der Waals surface area contributed by atoms with E-state index >= 15 is 0 Å². The van der Waals surface area contributed by atoms with Crippen molar-refractivity contribution in [3.63, 3.8) is 0 Å². The van der Waals surface area contributed by atoms with Crippen LogP contribution in [0.4, 0.5) is 0 Å². The van der Waals surface area contributed by atoms with Crippen molar-refractivity contribution in [2.24, 2.45) is 46.3 Å². The maximum absolute atomic E-state index is 11.5. The Morgan fingerprint density at radius 2 is 1.73 bits per heavy atom. The van der Waals surface area contributed by atoms with Gasteiger partial charge in [0.15, 0.2) is 0 Å². The molecule has 2 heteroatoms. The van der Waals surface area contributed by atoms with Crippen molar-refractivity contribution in [2.75, 3.05) is 0 Å². The van der Waals surface area contributed by atoms with Gasteiger partial charge in [-0.25, -0.2) is 0 Å². The minimum absolute atomic E-state index is 0.225. The molecule has 0 radical (unpaired) electrons. The Labute approximate surface area is 160 Å². The SMILES string of the molecule is CC[C@]1(O)CC[C@@]2(C)[C@H](CC[C@@H]3[C@@H]2CC[C@]2(C)[C@@H]([C@H](C)C=O)CC[C@@H]32)C1. The molecule has 0 bridgehead atoms. The van der Waals surface area contributed by atoms with E-state index in [-0.39, 0.29) is 5.92 Å². The summed E-state index contributed by atoms with van der Waals surface area (Å²) < 4.78 is 0. The van der Waals surface area contributed by atoms with Crippen LogP contribution in [0, 0.1) is 46.3 Å². The Morgan fingerprint density at radius 3 is 2.42 bits per heavy atom. The lowest BCUT2D eigenvalue weighted by molar-refractivity contribution is -0.153. The molecule has 26 heavy (non-hydrogen) atoms. The molecular formula is C24H40O2. The molecule has 4 aliphatic carbocycles. The average Bonchev–Trinajstić information content (AvgIpc) is 2.99. The Bertz CT molecular complexity index is 558. The van der Waals surface area contributed by atoms with Crippen LogP contribution in [0.1, 0.15) is 91.9 Å². The van der Waals surface area contributed by atoms with E-state index in [0.717, 1.165) is 42.9 Å². The fraction of sp³-hybridized carbons (Fsp3) is 0.958. The van der Waals surface area contributed by atoms with E-state index in [1.807, 2.05) is 0 Å². The summed E-state index contributed by atoms with van der Waals surface area (Å²) >= 11 is 0. The zero-order chi connectivity index (χ0) is 18.7. The third-order valence-corrected chi connectivity index (χ3v) is 10.4. The van der Waals surface area contributed by atoms with Crippen LogP contribution in [-0.2, 0) is 4.79 Å². The average molecular weight is 361 g/mol. The highest BCUT2D eigenvalue weighted by Crippen LogP contribution is 2.68. The van der Waals surface area contributed by atoms with E-state index in [1.54, 1.807) is 0 Å². The van der Waals surface area contributed by atoms with Gasteiger partial charge in [-0.05, 0) is 105 Å². The summed E-state index contributed by atoms with van der Waals surface area (Å²) in [6.45, 7) is 9.42. The molecule has 2 nitrogen and oxygen atoms in total. The van der Waals surface area contributed by atoms with Crippen molar-refractivity contribution in [3.05, 3.63) is 0 Å². The van der Waals surface area contributed by atoms with E-state index in [2.05, 4.69) is 27.7 Å². The summed E-state index contributed by atoms with van der Waals surface area (Å²) in [6, 6.07) is 0. The number of fused-ring (bicyclic) bond motifs is 5. The second-order valence-electron chi connectivity index (χ2n) is 11.2. The van der Waals surface area contributed by atoms with Crippen LogP contribution in [0.3, 0.4) is 0 Å². The summed E-state index contributed by atoms with van der Waals surface area (Å²) in [5, 5.41) is 10.9. The molecule has 1 N–H and O–H groups in total. The van der Waals surface area contributed by atoms with Crippen molar-refractivity contribution in [2.45, 2.75) is 97.5 Å². The van der Waals surface area contributed by atoms with Gasteiger partial charge in [0.05, 0.1) is 5.60 Å². The fourth-order valence-corrected chi connectivity index (χ4v) is 8.64. The topological polar surface area (TPSA) is 37.3 Å². The van der Waals surface area contributed by atoms with Gasteiger partial charge in [0.1, 0.15) is 6.29 Å². The molecule has 4 aliphatic rings. The zero-order valence-electron chi connectivity index (χ0n) is 17.5. The molecule has 0 aliphatic heterocycles. The van der Waals surface area contributed by atoms with Crippen LogP contribution in [0.2, 0.25) is 0 Å². The first-order valence-electron chi connectivity index (χ1n) is 11.4. The summed E-state index contributed by atoms with van der Waals surface area (Å²) in [5.74, 6) is 4.10. The number of hydrogen-bond acceptors (Lipinski definition) is 2. The van der Waals surface area contributed by atoms with Gasteiger partial charge in [0.25, 0.3) is 0 Å². The lowest BCUT2D eigenvalue weighted by atomic mass is 9.43. The highest BCUT2D eigenvalue weighted by Gasteiger charge is 2.61. The highest BCUT2D eigenvalue weighted by molar-refractivity contribution is 5.53. The van der Waals surface area contributed by atoms with E-state index in [4.69, 9.17) is 0 Å². The number of carbonyl (C=O) groups is 1. The number of hydrogen-bond donors (Lipinski definition) is 1. The van der Waals surface area contributed by atoms with Gasteiger partial charge in [0.2, 0.25) is 0 Å². The molecule has 0 aromatic rings. The molecule has 0 saturated heterocycles. The van der Waals surface area contributed by atoms with E-state index in [1.165, 1.54) is 51.2 Å². The summed E-state index contributed by atoms with van der Waals surface area (Å²) in [5.41, 5.74) is 0.446. The van der Waals surface area contributed by atoms with Gasteiger partial charge in [-0.1, -0.05) is 27.7 Å². The molecule has 0 aromatic heterocycles. The number of rotatable bonds is 3. The Hall–Kier alpha value is -0.370. The van der Waals surface area contributed by atoms with E-state index < -0.39 is 5.60 Å². The molecule has 0 heterocycles. The van der Waals surface area contributed by atoms with E-state index in [9.17, 15) is 9.90 Å². The molecule has 4 fully saturated rings. The predicted molar refractivity (Wildman–Crippen MR) is 106 cm³/mol. The molecule has 4 rings (SSSR count). The third-order valence-electron chi connectivity index (χ3n) is 10.4. The van der Waals surface area contributed by atoms with Gasteiger partial charge in [0, 0.05) is 5.92 Å². The quantitative estimate of drug-likeness (QED) is 0.663. The first kappa shape index (κ1) is 19.0. The summed E-state index contributed by atoms with van der Waals surface area (Å²) in [7, 11) is 0. The third kappa shape index (κ3) is 2.57. The Morgan fingerprint density at radius 1 is 1.00 bits per heavy atom. The summed E-state index contributed by atoms with van der Waals surface area (Å²) in [4.78, 5) is 11.5. The highest BCUT2D eigenvalue weighted by atomic mass is 16.3. The lowest BCUT2D eigenvalue weighted by Crippen LogP contribution is -2.56. The van der Waals surface area contributed by atoms with Crippen LogP contribution in [0.25, 0.3) is 0 Å². The van der Waals surface area contributed by atoms with Gasteiger partial charge in [-0.3, -0.25) is 0 Å². The maximum Gasteiger partial charge on any atom is 0.123 e. The zero-order valence-corrected chi connectivity index (χ0v) is 17.5. The molecule has 4 saturated carbocycles. The predicted octanol–water partition coefficient (Wildman–Crippen LogP) is 5.62. The van der Waals surface area contributed by atoms with Crippen molar-refractivity contribution >= 4 is 6.29 Å². The summed E-state index contributed by atoms with van der Waals surface area (Å²) in [6.07, 6.45) is 13.4. The fourth-order valence-electron chi connectivity index (χ4n) is 8.64. The molecule has 0 unspecified atom stereocenters. The molecule has 0 spiro atoms. The normalized spacial score (nSPS) is 54.7. The van der Waals surface area contributed by atoms with Crippen molar-refractivity contribution in [3.8, 4) is 0 Å². The van der Waals surface area contributed by atoms with Gasteiger partial charge in [-0.15, -0.1) is 0 Å². The van der Waals surface area contributed by atoms with Gasteiger partial charge < -0.3 is 9.90 Å². The minimum atomic E-state index is -0.391. The lowest BCUT2D eigenvalue weighted by Gasteiger charge is -2.62. The molecule has 148 valence electrons. The molecular weight excluding hydrogens is 320 g/mol.